The first kappa shape index (κ1) is 10.8. The van der Waals surface area contributed by atoms with Crippen LogP contribution < -0.4 is 11.3 Å². The molecule has 0 aliphatic carbocycles. The van der Waals surface area contributed by atoms with Crippen LogP contribution in [0.3, 0.4) is 0 Å². The number of fused-ring (bicyclic) bond motifs is 1. The zero-order valence-corrected chi connectivity index (χ0v) is 9.47. The van der Waals surface area contributed by atoms with E-state index >= 15 is 0 Å². The van der Waals surface area contributed by atoms with Gasteiger partial charge in [0.2, 0.25) is 0 Å². The lowest BCUT2D eigenvalue weighted by Crippen LogP contribution is -2.31. The zero-order chi connectivity index (χ0) is 11.7. The van der Waals surface area contributed by atoms with Gasteiger partial charge in [-0.25, -0.2) is 4.98 Å². The molecule has 2 rings (SSSR count). The summed E-state index contributed by atoms with van der Waals surface area (Å²) < 4.78 is 1.70. The quantitative estimate of drug-likeness (QED) is 0.818. The minimum Gasteiger partial charge on any atom is -0.326 e. The summed E-state index contributed by atoms with van der Waals surface area (Å²) in [7, 11) is 0. The Kier molecular flexibility index (Phi) is 2.75. The van der Waals surface area contributed by atoms with Crippen molar-refractivity contribution in [1.82, 2.24) is 9.55 Å². The van der Waals surface area contributed by atoms with E-state index in [0.29, 0.717) is 12.2 Å². The first-order valence-corrected chi connectivity index (χ1v) is 5.31. The van der Waals surface area contributed by atoms with E-state index in [1.54, 1.807) is 11.5 Å². The fraction of sp³-hybridized carbons (Fsp3) is 0.333. The van der Waals surface area contributed by atoms with Crippen molar-refractivity contribution in [2.75, 3.05) is 0 Å². The number of hydrogen-bond acceptors (Lipinski definition) is 3. The Labute approximate surface area is 93.7 Å². The van der Waals surface area contributed by atoms with Crippen LogP contribution in [-0.4, -0.2) is 15.6 Å². The average molecular weight is 217 g/mol. The van der Waals surface area contributed by atoms with Crippen molar-refractivity contribution >= 4 is 11.0 Å². The number of para-hydroxylation sites is 2. The summed E-state index contributed by atoms with van der Waals surface area (Å²) in [6.07, 6.45) is 0. The second-order valence-corrected chi connectivity index (χ2v) is 4.08. The predicted octanol–water partition coefficient (Wildman–Crippen LogP) is 1.05. The maximum absolute atomic E-state index is 12.0. The van der Waals surface area contributed by atoms with E-state index in [-0.39, 0.29) is 11.6 Å². The third-order valence-electron chi connectivity index (χ3n) is 2.49. The summed E-state index contributed by atoms with van der Waals surface area (Å²) in [6, 6.07) is 7.56. The zero-order valence-electron chi connectivity index (χ0n) is 9.47. The van der Waals surface area contributed by atoms with Gasteiger partial charge in [0, 0.05) is 12.6 Å². The molecule has 2 aromatic rings. The molecule has 0 fully saturated rings. The van der Waals surface area contributed by atoms with Gasteiger partial charge in [-0.1, -0.05) is 12.1 Å². The van der Waals surface area contributed by atoms with Crippen LogP contribution in [0.2, 0.25) is 0 Å². The van der Waals surface area contributed by atoms with Crippen LogP contribution in [0.25, 0.3) is 11.0 Å². The molecule has 0 aliphatic heterocycles. The van der Waals surface area contributed by atoms with Gasteiger partial charge in [0.1, 0.15) is 5.69 Å². The standard InChI is InChI=1S/C12H15N3O/c1-8(13)7-15-11-6-4-3-5-10(11)14-9(2)12(15)16/h3-6,8H,7,13H2,1-2H3. The molecule has 1 unspecified atom stereocenters. The molecule has 4 heteroatoms. The molecule has 1 heterocycles. The predicted molar refractivity (Wildman–Crippen MR) is 64.4 cm³/mol. The van der Waals surface area contributed by atoms with Crippen molar-refractivity contribution in [3.05, 3.63) is 40.3 Å². The molecule has 0 saturated carbocycles. The van der Waals surface area contributed by atoms with E-state index in [2.05, 4.69) is 4.98 Å². The Hall–Kier alpha value is -1.68. The molecular weight excluding hydrogens is 202 g/mol. The Morgan fingerprint density at radius 3 is 2.81 bits per heavy atom. The molecule has 0 saturated heterocycles. The van der Waals surface area contributed by atoms with E-state index in [9.17, 15) is 4.79 Å². The number of hydrogen-bond donors (Lipinski definition) is 1. The van der Waals surface area contributed by atoms with E-state index in [0.717, 1.165) is 11.0 Å². The Morgan fingerprint density at radius 2 is 2.12 bits per heavy atom. The molecule has 0 amide bonds. The highest BCUT2D eigenvalue weighted by atomic mass is 16.1. The van der Waals surface area contributed by atoms with Gasteiger partial charge in [-0.05, 0) is 26.0 Å². The Bertz CT molecular complexity index is 572. The molecule has 1 aromatic heterocycles. The van der Waals surface area contributed by atoms with Crippen LogP contribution in [0.15, 0.2) is 29.1 Å². The molecule has 84 valence electrons. The largest absolute Gasteiger partial charge is 0.326 e. The number of nitrogens with two attached hydrogens (primary N) is 1. The molecule has 1 atom stereocenters. The summed E-state index contributed by atoms with van der Waals surface area (Å²) in [4.78, 5) is 16.2. The second kappa shape index (κ2) is 4.06. The number of aryl methyl sites for hydroxylation is 1. The van der Waals surface area contributed by atoms with Crippen LogP contribution in [0.1, 0.15) is 12.6 Å². The highest BCUT2D eigenvalue weighted by molar-refractivity contribution is 5.74. The molecule has 2 N–H and O–H groups in total. The molecule has 4 nitrogen and oxygen atoms in total. The van der Waals surface area contributed by atoms with Gasteiger partial charge < -0.3 is 10.3 Å². The van der Waals surface area contributed by atoms with Crippen LogP contribution in [0.5, 0.6) is 0 Å². The third kappa shape index (κ3) is 1.84. The van der Waals surface area contributed by atoms with Crippen molar-refractivity contribution < 1.29 is 0 Å². The van der Waals surface area contributed by atoms with Crippen LogP contribution in [-0.2, 0) is 6.54 Å². The Balaban J connectivity index is 2.76. The van der Waals surface area contributed by atoms with Crippen LogP contribution in [0.4, 0.5) is 0 Å². The lowest BCUT2D eigenvalue weighted by atomic mass is 10.2. The molecule has 16 heavy (non-hydrogen) atoms. The molecule has 1 aromatic carbocycles. The first-order chi connectivity index (χ1) is 7.59. The number of aromatic nitrogens is 2. The van der Waals surface area contributed by atoms with Crippen LogP contribution >= 0.6 is 0 Å². The maximum Gasteiger partial charge on any atom is 0.272 e. The minimum atomic E-state index is -0.0593. The van der Waals surface area contributed by atoms with Gasteiger partial charge in [-0.3, -0.25) is 4.79 Å². The van der Waals surface area contributed by atoms with Gasteiger partial charge in [0.25, 0.3) is 5.56 Å². The van der Waals surface area contributed by atoms with Crippen molar-refractivity contribution in [3.63, 3.8) is 0 Å². The molecular formula is C12H15N3O. The normalized spacial score (nSPS) is 12.9. The van der Waals surface area contributed by atoms with Gasteiger partial charge in [0.05, 0.1) is 11.0 Å². The average Bonchev–Trinajstić information content (AvgIpc) is 2.24. The molecule has 0 bridgehead atoms. The van der Waals surface area contributed by atoms with E-state index in [4.69, 9.17) is 5.73 Å². The highest BCUT2D eigenvalue weighted by Crippen LogP contribution is 2.09. The first-order valence-electron chi connectivity index (χ1n) is 5.31. The molecule has 0 radical (unpaired) electrons. The smallest absolute Gasteiger partial charge is 0.272 e. The number of rotatable bonds is 2. The molecule has 0 spiro atoms. The van der Waals surface area contributed by atoms with Gasteiger partial charge in [-0.15, -0.1) is 0 Å². The van der Waals surface area contributed by atoms with E-state index in [1.807, 2.05) is 31.2 Å². The highest BCUT2D eigenvalue weighted by Gasteiger charge is 2.08. The lowest BCUT2D eigenvalue weighted by Gasteiger charge is -2.12. The minimum absolute atomic E-state index is 0.0529. The second-order valence-electron chi connectivity index (χ2n) is 4.08. The van der Waals surface area contributed by atoms with Gasteiger partial charge >= 0.3 is 0 Å². The van der Waals surface area contributed by atoms with Crippen molar-refractivity contribution in [3.8, 4) is 0 Å². The third-order valence-corrected chi connectivity index (χ3v) is 2.49. The van der Waals surface area contributed by atoms with Crippen molar-refractivity contribution in [2.45, 2.75) is 26.4 Å². The fourth-order valence-corrected chi connectivity index (χ4v) is 1.79. The van der Waals surface area contributed by atoms with E-state index < -0.39 is 0 Å². The van der Waals surface area contributed by atoms with E-state index in [1.165, 1.54) is 0 Å². The Morgan fingerprint density at radius 1 is 1.44 bits per heavy atom. The van der Waals surface area contributed by atoms with Crippen molar-refractivity contribution in [1.29, 1.82) is 0 Å². The summed E-state index contributed by atoms with van der Waals surface area (Å²) in [6.45, 7) is 4.13. The topological polar surface area (TPSA) is 60.9 Å². The number of benzene rings is 1. The lowest BCUT2D eigenvalue weighted by molar-refractivity contribution is 0.585. The summed E-state index contributed by atoms with van der Waals surface area (Å²) in [5.74, 6) is 0. The maximum atomic E-state index is 12.0. The summed E-state index contributed by atoms with van der Waals surface area (Å²) >= 11 is 0. The van der Waals surface area contributed by atoms with Gasteiger partial charge in [0.15, 0.2) is 0 Å². The molecule has 0 aliphatic rings. The van der Waals surface area contributed by atoms with Gasteiger partial charge in [-0.2, -0.15) is 0 Å². The van der Waals surface area contributed by atoms with Crippen LogP contribution in [0, 0.1) is 6.92 Å². The summed E-state index contributed by atoms with van der Waals surface area (Å²) in [5.41, 5.74) is 7.88. The summed E-state index contributed by atoms with van der Waals surface area (Å²) in [5, 5.41) is 0. The SMILES string of the molecule is Cc1nc2ccccc2n(CC(C)N)c1=O. The number of nitrogens with zero attached hydrogens (tertiary/aromatic N) is 2. The van der Waals surface area contributed by atoms with Crippen molar-refractivity contribution in [2.24, 2.45) is 5.73 Å². The fourth-order valence-electron chi connectivity index (χ4n) is 1.79. The monoisotopic (exact) mass is 217 g/mol.